The molecule has 0 aliphatic heterocycles. The molecule has 3 nitrogen and oxygen atoms in total. The molecule has 0 saturated heterocycles. The molecule has 4 aromatic carbocycles. The Balaban J connectivity index is 0.00000625. The molecular weight excluding hydrogens is 741 g/mol. The topological polar surface area (TPSA) is 18.5 Å². The van der Waals surface area contributed by atoms with Gasteiger partial charge >= 0.3 is 213 Å². The summed E-state index contributed by atoms with van der Waals surface area (Å²) in [6.07, 6.45) is 4.49. The van der Waals surface area contributed by atoms with E-state index in [1.165, 1.54) is 21.5 Å². The first-order valence-corrected chi connectivity index (χ1v) is 21.7. The van der Waals surface area contributed by atoms with Gasteiger partial charge < -0.3 is 17.0 Å². The Morgan fingerprint density at radius 1 is 0.604 bits per heavy atom. The van der Waals surface area contributed by atoms with E-state index < -0.39 is 5.31 Å². The van der Waals surface area contributed by atoms with Gasteiger partial charge in [-0.05, 0) is 34.9 Å². The Morgan fingerprint density at radius 3 is 1.54 bits per heavy atom. The average molecular weight is 800 g/mol. The molecule has 0 radical (unpaired) electrons. The number of unbranched alkanes of at least 4 members (excludes halogenated alkanes) is 1. The van der Waals surface area contributed by atoms with Gasteiger partial charge in [-0.15, -0.1) is 0 Å². The van der Waals surface area contributed by atoms with Crippen molar-refractivity contribution < 1.29 is 30.9 Å². The fraction of sp³-hybridized carbons (Fsp3) is 0.429. The minimum absolute atomic E-state index is 0. The van der Waals surface area contributed by atoms with Crippen molar-refractivity contribution in [3.63, 3.8) is 0 Å². The van der Waals surface area contributed by atoms with Crippen LogP contribution in [0.15, 0.2) is 115 Å². The Labute approximate surface area is 310 Å². The number of ether oxygens (including phenoxy) is 2. The summed E-state index contributed by atoms with van der Waals surface area (Å²) >= 11 is 4.60. The molecule has 0 aliphatic rings. The van der Waals surface area contributed by atoms with Gasteiger partial charge in [-0.25, -0.2) is 0 Å². The average Bonchev–Trinajstić information content (AvgIpc) is 3.05. The maximum Gasteiger partial charge on any atom is -0.0197 e. The van der Waals surface area contributed by atoms with Crippen LogP contribution in [0.5, 0.6) is 5.75 Å². The number of rotatable bonds is 17. The molecule has 0 bridgehead atoms. The molecule has 262 valence electrons. The van der Waals surface area contributed by atoms with Gasteiger partial charge in [0.2, 0.25) is 0 Å². The van der Waals surface area contributed by atoms with Crippen LogP contribution in [0, 0.1) is 5.41 Å². The molecule has 4 aromatic rings. The molecule has 0 atom stereocenters. The van der Waals surface area contributed by atoms with Gasteiger partial charge in [-0.1, -0.05) is 46.8 Å². The van der Waals surface area contributed by atoms with E-state index in [1.54, 1.807) is 0 Å². The van der Waals surface area contributed by atoms with Gasteiger partial charge in [-0.2, -0.15) is 0 Å². The number of likely N-dealkylation sites (N-methyl/N-ethyl adjacent to an activating group) is 1. The third-order valence-corrected chi connectivity index (χ3v) is 19.5. The smallest absolute Gasteiger partial charge is 0.0197 e. The second-order valence-electron chi connectivity index (χ2n) is 15.6. The van der Waals surface area contributed by atoms with Crippen LogP contribution >= 0.6 is 20.8 Å². The minimum atomic E-state index is -2.86. The molecule has 0 aliphatic carbocycles. The fourth-order valence-electron chi connectivity index (χ4n) is 7.17. The van der Waals surface area contributed by atoms with Crippen LogP contribution in [0.1, 0.15) is 59.4 Å². The molecule has 0 amide bonds. The first kappa shape index (κ1) is 40.4. The van der Waals surface area contributed by atoms with Crippen molar-refractivity contribution in [3.8, 4) is 5.75 Å². The SMILES string of the molecule is CC(C)(C)CC(C)(C)c1ccc(OCCOCC[N+](C)(C)CCCCP(Br)(c2ccccc2)(c2ccccc2)c2ccccc2)cc1.[Br-]. The Bertz CT molecular complexity index is 1410. The van der Waals surface area contributed by atoms with E-state index in [1.807, 2.05) is 0 Å². The van der Waals surface area contributed by atoms with Crippen molar-refractivity contribution in [1.29, 1.82) is 0 Å². The van der Waals surface area contributed by atoms with Crippen LogP contribution in [0.3, 0.4) is 0 Å². The normalized spacial score (nSPS) is 13.3. The summed E-state index contributed by atoms with van der Waals surface area (Å²) in [4.78, 5) is 0. The third-order valence-electron chi connectivity index (χ3n) is 9.42. The van der Waals surface area contributed by atoms with E-state index in [0.29, 0.717) is 18.6 Å². The summed E-state index contributed by atoms with van der Waals surface area (Å²) in [5.41, 5.74) is 1.78. The van der Waals surface area contributed by atoms with E-state index in [-0.39, 0.29) is 22.4 Å². The number of nitrogens with zero attached hydrogens (tertiary/aromatic N) is 1. The van der Waals surface area contributed by atoms with Gasteiger partial charge in [0.25, 0.3) is 0 Å². The summed E-state index contributed by atoms with van der Waals surface area (Å²) in [6.45, 7) is 15.6. The van der Waals surface area contributed by atoms with Crippen LogP contribution in [-0.4, -0.2) is 57.7 Å². The van der Waals surface area contributed by atoms with E-state index in [4.69, 9.17) is 9.47 Å². The number of hydrogen-bond donors (Lipinski definition) is 0. The maximum atomic E-state index is 6.03. The van der Waals surface area contributed by atoms with Crippen molar-refractivity contribution in [2.24, 2.45) is 5.41 Å². The molecule has 0 saturated carbocycles. The van der Waals surface area contributed by atoms with Crippen molar-refractivity contribution in [2.45, 2.75) is 59.3 Å². The largest absolute Gasteiger partial charge is 1.00 e. The van der Waals surface area contributed by atoms with Crippen LogP contribution < -0.4 is 37.6 Å². The summed E-state index contributed by atoms with van der Waals surface area (Å²) in [6, 6.07) is 42.0. The Kier molecular flexibility index (Phi) is 14.5. The van der Waals surface area contributed by atoms with Crippen LogP contribution in [0.25, 0.3) is 0 Å². The number of hydrogen-bond acceptors (Lipinski definition) is 2. The summed E-state index contributed by atoms with van der Waals surface area (Å²) in [5, 5.41) is 1.31. The zero-order valence-electron chi connectivity index (χ0n) is 30.3. The van der Waals surface area contributed by atoms with Crippen LogP contribution in [-0.2, 0) is 10.2 Å². The fourth-order valence-corrected chi connectivity index (χ4v) is 14.9. The number of quaternary nitrogens is 1. The molecule has 48 heavy (non-hydrogen) atoms. The quantitative estimate of drug-likeness (QED) is 0.0691. The second-order valence-corrected chi connectivity index (χ2v) is 24.7. The van der Waals surface area contributed by atoms with Crippen molar-refractivity contribution in [3.05, 3.63) is 121 Å². The minimum Gasteiger partial charge on any atom is -1.00 e. The predicted molar refractivity (Wildman–Crippen MR) is 210 cm³/mol. The first-order chi connectivity index (χ1) is 22.2. The van der Waals surface area contributed by atoms with Gasteiger partial charge in [0.15, 0.2) is 0 Å². The maximum absolute atomic E-state index is 6.03. The monoisotopic (exact) mass is 797 g/mol. The number of benzene rings is 4. The molecule has 0 fully saturated rings. The van der Waals surface area contributed by atoms with E-state index >= 15 is 0 Å². The van der Waals surface area contributed by atoms with E-state index in [2.05, 4.69) is 179 Å². The first-order valence-electron chi connectivity index (χ1n) is 17.3. The second kappa shape index (κ2) is 17.3. The Hall–Kier alpha value is -2.01. The molecule has 0 heterocycles. The van der Waals surface area contributed by atoms with Crippen molar-refractivity contribution in [1.82, 2.24) is 0 Å². The van der Waals surface area contributed by atoms with Gasteiger partial charge in [0, 0.05) is 0 Å². The van der Waals surface area contributed by atoms with E-state index in [9.17, 15) is 0 Å². The molecule has 0 aromatic heterocycles. The zero-order chi connectivity index (χ0) is 34.0. The predicted octanol–water partition coefficient (Wildman–Crippen LogP) is 6.50. The molecule has 0 spiro atoms. The standard InChI is InChI=1S/C42H58BrNO2P.BrH/c1-41(2,3)35-42(4,5)36-25-27-37(28-26-36)46-33-32-45-31-30-44(6,7)29-17-18-34-47(43,38-19-11-8-12-20-38,39-21-13-9-14-22-39)40-23-15-10-16-24-40;/h8-16,19-28H,17-18,29-35H2,1-7H3;1H/q+1;/p-1. The van der Waals surface area contributed by atoms with Crippen LogP contribution in [0.4, 0.5) is 0 Å². The van der Waals surface area contributed by atoms with Gasteiger partial charge in [0.05, 0.1) is 0 Å². The van der Waals surface area contributed by atoms with Gasteiger partial charge in [0.1, 0.15) is 0 Å². The Morgan fingerprint density at radius 2 is 1.08 bits per heavy atom. The molecule has 0 N–H and O–H groups in total. The van der Waals surface area contributed by atoms with Crippen LogP contribution in [0.2, 0.25) is 0 Å². The summed E-state index contributed by atoms with van der Waals surface area (Å²) in [5.74, 6) is 0.908. The van der Waals surface area contributed by atoms with Gasteiger partial charge in [-0.3, -0.25) is 0 Å². The van der Waals surface area contributed by atoms with Crippen molar-refractivity contribution >= 4 is 36.7 Å². The van der Waals surface area contributed by atoms with Crippen molar-refractivity contribution in [2.75, 3.05) is 53.2 Å². The third kappa shape index (κ3) is 10.5. The molecular formula is C42H58Br2NO2P. The summed E-state index contributed by atoms with van der Waals surface area (Å²) < 4.78 is 13.0. The number of halogens is 2. The molecule has 6 heteroatoms. The summed E-state index contributed by atoms with van der Waals surface area (Å²) in [7, 11) is 4.64. The molecule has 4 rings (SSSR count). The van der Waals surface area contributed by atoms with E-state index in [0.717, 1.165) is 55.4 Å². The molecule has 0 unspecified atom stereocenters. The zero-order valence-corrected chi connectivity index (χ0v) is 34.4.